The Morgan fingerprint density at radius 1 is 1.04 bits per heavy atom. The Morgan fingerprint density at radius 2 is 1.67 bits per heavy atom. The van der Waals surface area contributed by atoms with Crippen LogP contribution in [0.1, 0.15) is 60.3 Å². The minimum Gasteiger partial charge on any atom is -0.504 e. The summed E-state index contributed by atoms with van der Waals surface area (Å²) < 4.78 is 0. The molecule has 0 radical (unpaired) electrons. The first-order valence-electron chi connectivity index (χ1n) is 8.01. The van der Waals surface area contributed by atoms with Gasteiger partial charge in [-0.05, 0) is 67.2 Å². The van der Waals surface area contributed by atoms with Gasteiger partial charge in [-0.3, -0.25) is 14.4 Å². The number of rotatable bonds is 1. The molecule has 0 heterocycles. The van der Waals surface area contributed by atoms with Crippen LogP contribution in [0.25, 0.3) is 12.2 Å². The number of fused-ring (bicyclic) bond motifs is 2. The van der Waals surface area contributed by atoms with Crippen molar-refractivity contribution in [3.63, 3.8) is 0 Å². The normalized spacial score (nSPS) is 19.0. The minimum absolute atomic E-state index is 0.0514. The van der Waals surface area contributed by atoms with Crippen molar-refractivity contribution in [2.24, 2.45) is 5.92 Å². The van der Waals surface area contributed by atoms with E-state index in [9.17, 15) is 19.5 Å². The minimum atomic E-state index is -0.885. The fourth-order valence-corrected chi connectivity index (χ4v) is 3.53. The monoisotopic (exact) mass is 324 g/mol. The first kappa shape index (κ1) is 16.4. The molecule has 0 amide bonds. The first-order chi connectivity index (χ1) is 11.1. The van der Waals surface area contributed by atoms with Crippen LogP contribution >= 0.6 is 0 Å². The average Bonchev–Trinajstić information content (AvgIpc) is 2.50. The maximum Gasteiger partial charge on any atom is 0.234 e. The molecule has 0 saturated heterocycles. The summed E-state index contributed by atoms with van der Waals surface area (Å²) >= 11 is 0. The van der Waals surface area contributed by atoms with Crippen molar-refractivity contribution < 1.29 is 19.5 Å². The van der Waals surface area contributed by atoms with Gasteiger partial charge in [-0.2, -0.15) is 0 Å². The molecule has 4 nitrogen and oxygen atoms in total. The van der Waals surface area contributed by atoms with Crippen LogP contribution in [0.5, 0.6) is 0 Å². The molecule has 0 spiro atoms. The number of hydrogen-bond donors (Lipinski definition) is 1. The molecule has 1 aromatic carbocycles. The molecule has 124 valence electrons. The summed E-state index contributed by atoms with van der Waals surface area (Å²) in [7, 11) is 0. The highest BCUT2D eigenvalue weighted by Gasteiger charge is 2.40. The smallest absolute Gasteiger partial charge is 0.234 e. The molecule has 1 aromatic rings. The zero-order valence-electron chi connectivity index (χ0n) is 14.5. The van der Waals surface area contributed by atoms with Gasteiger partial charge in [0.25, 0.3) is 0 Å². The number of benzene rings is 1. The topological polar surface area (TPSA) is 71.4 Å². The van der Waals surface area contributed by atoms with E-state index in [0.29, 0.717) is 27.8 Å². The van der Waals surface area contributed by atoms with E-state index in [-0.39, 0.29) is 17.5 Å². The maximum absolute atomic E-state index is 12.6. The van der Waals surface area contributed by atoms with Crippen LogP contribution in [-0.4, -0.2) is 22.5 Å². The average molecular weight is 324 g/mol. The highest BCUT2D eigenvalue weighted by atomic mass is 16.3. The quantitative estimate of drug-likeness (QED) is 0.802. The molecule has 0 saturated carbocycles. The molecule has 24 heavy (non-hydrogen) atoms. The summed E-state index contributed by atoms with van der Waals surface area (Å²) in [4.78, 5) is 37.3. The predicted octanol–water partition coefficient (Wildman–Crippen LogP) is 3.56. The highest BCUT2D eigenvalue weighted by molar-refractivity contribution is 6.52. The molecule has 0 aromatic heterocycles. The summed E-state index contributed by atoms with van der Waals surface area (Å²) in [5, 5.41) is 9.97. The van der Waals surface area contributed by atoms with E-state index >= 15 is 0 Å². The molecule has 0 bridgehead atoms. The highest BCUT2D eigenvalue weighted by Crippen LogP contribution is 2.41. The van der Waals surface area contributed by atoms with Crippen LogP contribution in [0.3, 0.4) is 0 Å². The Labute approximate surface area is 140 Å². The summed E-state index contributed by atoms with van der Waals surface area (Å²) in [5.41, 5.74) is 2.70. The largest absolute Gasteiger partial charge is 0.504 e. The van der Waals surface area contributed by atoms with Crippen LogP contribution in [0, 0.1) is 12.8 Å². The van der Waals surface area contributed by atoms with Crippen molar-refractivity contribution in [1.82, 2.24) is 0 Å². The lowest BCUT2D eigenvalue weighted by molar-refractivity contribution is -0.122. The zero-order chi connectivity index (χ0) is 18.0. The van der Waals surface area contributed by atoms with E-state index in [0.717, 1.165) is 5.56 Å². The number of aliphatic hydroxyl groups excluding tert-OH is 1. The van der Waals surface area contributed by atoms with Crippen LogP contribution in [0.2, 0.25) is 0 Å². The van der Waals surface area contributed by atoms with E-state index in [1.54, 1.807) is 26.8 Å². The van der Waals surface area contributed by atoms with Gasteiger partial charge in [0.05, 0.1) is 5.41 Å². The third kappa shape index (κ3) is 2.02. The molecule has 2 aliphatic carbocycles. The Bertz CT molecular complexity index is 879. The van der Waals surface area contributed by atoms with Crippen molar-refractivity contribution in [3.05, 3.63) is 45.2 Å². The molecule has 0 atom stereocenters. The van der Waals surface area contributed by atoms with Crippen molar-refractivity contribution >= 4 is 29.5 Å². The van der Waals surface area contributed by atoms with Gasteiger partial charge in [-0.15, -0.1) is 0 Å². The Balaban J connectivity index is 2.39. The number of Topliss-reactive ketones (excluding diaryl/α,β-unsaturated/α-hetero) is 3. The fraction of sp³-hybridized carbons (Fsp3) is 0.350. The SMILES string of the molecule is Cc1c2c(cc3c1C(=O)C(=O)C(C(C)C)=C3)C(C)(C)C(=O)C(O)=C2. The van der Waals surface area contributed by atoms with Crippen molar-refractivity contribution in [2.45, 2.75) is 40.0 Å². The fourth-order valence-electron chi connectivity index (χ4n) is 3.53. The number of aliphatic hydroxyl groups is 1. The Morgan fingerprint density at radius 3 is 2.25 bits per heavy atom. The van der Waals surface area contributed by atoms with Gasteiger partial charge < -0.3 is 5.11 Å². The molecule has 0 unspecified atom stereocenters. The van der Waals surface area contributed by atoms with Crippen molar-refractivity contribution in [3.8, 4) is 0 Å². The first-order valence-corrected chi connectivity index (χ1v) is 8.01. The molecular weight excluding hydrogens is 304 g/mol. The summed E-state index contributed by atoms with van der Waals surface area (Å²) in [6.07, 6.45) is 3.16. The lowest BCUT2D eigenvalue weighted by atomic mass is 9.70. The van der Waals surface area contributed by atoms with Gasteiger partial charge in [0, 0.05) is 11.1 Å². The predicted molar refractivity (Wildman–Crippen MR) is 92.0 cm³/mol. The van der Waals surface area contributed by atoms with Crippen molar-refractivity contribution in [2.75, 3.05) is 0 Å². The van der Waals surface area contributed by atoms with Crippen molar-refractivity contribution in [1.29, 1.82) is 0 Å². The molecular formula is C20H20O4. The van der Waals surface area contributed by atoms with Gasteiger partial charge in [0.15, 0.2) is 5.76 Å². The number of allylic oxidation sites excluding steroid dienone is 2. The van der Waals surface area contributed by atoms with Gasteiger partial charge >= 0.3 is 0 Å². The van der Waals surface area contributed by atoms with Gasteiger partial charge in [0.1, 0.15) is 0 Å². The van der Waals surface area contributed by atoms with E-state index in [4.69, 9.17) is 0 Å². The summed E-state index contributed by atoms with van der Waals surface area (Å²) in [6.45, 7) is 9.02. The van der Waals surface area contributed by atoms with Crippen LogP contribution in [0.4, 0.5) is 0 Å². The molecule has 1 N–H and O–H groups in total. The van der Waals surface area contributed by atoms with Gasteiger partial charge in [-0.1, -0.05) is 13.8 Å². The molecule has 2 aliphatic rings. The molecule has 0 fully saturated rings. The third-order valence-electron chi connectivity index (χ3n) is 5.04. The number of carbonyl (C=O) groups excluding carboxylic acids is 3. The molecule has 3 rings (SSSR count). The molecule has 4 heteroatoms. The van der Waals surface area contributed by atoms with E-state index in [2.05, 4.69) is 0 Å². The lowest BCUT2D eigenvalue weighted by Crippen LogP contribution is -2.35. The Hall–Kier alpha value is -2.49. The third-order valence-corrected chi connectivity index (χ3v) is 5.04. The molecule has 0 aliphatic heterocycles. The summed E-state index contributed by atoms with van der Waals surface area (Å²) in [6, 6.07) is 1.81. The zero-order valence-corrected chi connectivity index (χ0v) is 14.5. The number of hydrogen-bond acceptors (Lipinski definition) is 4. The van der Waals surface area contributed by atoms with E-state index < -0.39 is 17.0 Å². The second-order valence-electron chi connectivity index (χ2n) is 7.32. The van der Waals surface area contributed by atoms with E-state index in [1.165, 1.54) is 6.08 Å². The number of ketones is 3. The van der Waals surface area contributed by atoms with Crippen LogP contribution in [0.15, 0.2) is 17.4 Å². The Kier molecular flexibility index (Phi) is 3.41. The summed E-state index contributed by atoms with van der Waals surface area (Å²) in [5.74, 6) is -1.70. The second-order valence-corrected chi connectivity index (χ2v) is 7.32. The number of carbonyl (C=O) groups is 3. The standard InChI is InChI=1S/C20H20O4/c1-9(2)12-6-11-7-14-13(8-15(21)19(24)20(14,4)5)10(3)16(11)18(23)17(12)22/h6-9,21H,1-5H3. The maximum atomic E-state index is 12.6. The van der Waals surface area contributed by atoms with E-state index in [1.807, 2.05) is 19.9 Å². The second kappa shape index (κ2) is 5.00. The van der Waals surface area contributed by atoms with Crippen LogP contribution < -0.4 is 0 Å². The van der Waals surface area contributed by atoms with Crippen LogP contribution in [-0.2, 0) is 15.0 Å². The lowest BCUT2D eigenvalue weighted by Gasteiger charge is -2.32. The van der Waals surface area contributed by atoms with Gasteiger partial charge in [-0.25, -0.2) is 0 Å². The van der Waals surface area contributed by atoms with Gasteiger partial charge in [0.2, 0.25) is 17.3 Å².